The summed E-state index contributed by atoms with van der Waals surface area (Å²) in [6, 6.07) is 3.70. The number of carbonyl (C=O) groups is 1. The number of imidazole rings is 1. The minimum atomic E-state index is -0.284. The summed E-state index contributed by atoms with van der Waals surface area (Å²) in [6.07, 6.45) is 1.13. The van der Waals surface area contributed by atoms with Crippen LogP contribution in [0.3, 0.4) is 0 Å². The second-order valence-corrected chi connectivity index (χ2v) is 5.53. The molecule has 1 aliphatic rings. The van der Waals surface area contributed by atoms with Crippen molar-refractivity contribution in [3.63, 3.8) is 0 Å². The molecule has 0 unspecified atom stereocenters. The number of likely N-dealkylation sites (tertiary alicyclic amines) is 1. The Morgan fingerprint density at radius 2 is 2.17 bits per heavy atom. The van der Waals surface area contributed by atoms with Gasteiger partial charge in [0.15, 0.2) is 5.65 Å². The van der Waals surface area contributed by atoms with Crippen LogP contribution >= 0.6 is 0 Å². The molecule has 2 N–H and O–H groups in total. The van der Waals surface area contributed by atoms with Gasteiger partial charge >= 0.3 is 11.8 Å². The fourth-order valence-corrected chi connectivity index (χ4v) is 3.00. The number of carbonyl (C=O) groups excluding carboxylic acids is 1. The molecule has 3 rings (SSSR count). The fourth-order valence-electron chi connectivity index (χ4n) is 3.00. The number of pyridine rings is 1. The third kappa shape index (κ3) is 2.88. The normalized spacial score (nSPS) is 15.8. The third-order valence-corrected chi connectivity index (χ3v) is 4.18. The molecule has 1 aliphatic heterocycles. The van der Waals surface area contributed by atoms with Gasteiger partial charge in [-0.25, -0.2) is 14.6 Å². The number of hydrogen-bond acceptors (Lipinski definition) is 5. The monoisotopic (exact) mass is 319 g/mol. The van der Waals surface area contributed by atoms with Crippen molar-refractivity contribution in [2.45, 2.75) is 25.8 Å². The Kier molecular flexibility index (Phi) is 4.22. The maximum Gasteiger partial charge on any atom is 0.409 e. The molecule has 8 heteroatoms. The molecule has 0 atom stereocenters. The van der Waals surface area contributed by atoms with Crippen molar-refractivity contribution < 1.29 is 9.53 Å². The molecule has 8 nitrogen and oxygen atoms in total. The summed E-state index contributed by atoms with van der Waals surface area (Å²) in [7, 11) is 1.79. The summed E-state index contributed by atoms with van der Waals surface area (Å²) in [4.78, 5) is 33.1. The summed E-state index contributed by atoms with van der Waals surface area (Å²) < 4.78 is 6.73. The van der Waals surface area contributed by atoms with Crippen LogP contribution in [-0.4, -0.2) is 52.3 Å². The van der Waals surface area contributed by atoms with Gasteiger partial charge < -0.3 is 19.9 Å². The lowest BCUT2D eigenvalue weighted by atomic mass is 10.1. The number of anilines is 1. The van der Waals surface area contributed by atoms with Gasteiger partial charge in [0.1, 0.15) is 5.82 Å². The molecule has 1 amide bonds. The fraction of sp³-hybridized carbons (Fsp3) is 0.533. The van der Waals surface area contributed by atoms with Crippen LogP contribution in [-0.2, 0) is 4.74 Å². The topological polar surface area (TPSA) is 92.2 Å². The van der Waals surface area contributed by atoms with Crippen molar-refractivity contribution in [2.75, 3.05) is 32.1 Å². The summed E-state index contributed by atoms with van der Waals surface area (Å²) in [5, 5.41) is 2.98. The number of aromatic amines is 1. The summed E-state index contributed by atoms with van der Waals surface area (Å²) in [5.41, 5.74) is 1.22. The van der Waals surface area contributed by atoms with E-state index in [-0.39, 0.29) is 17.8 Å². The molecule has 2 aromatic heterocycles. The van der Waals surface area contributed by atoms with E-state index in [0.717, 1.165) is 5.52 Å². The van der Waals surface area contributed by atoms with E-state index in [1.54, 1.807) is 23.4 Å². The number of nitrogens with zero attached hydrogens (tertiary/aromatic N) is 3. The average molecular weight is 319 g/mol. The van der Waals surface area contributed by atoms with Gasteiger partial charge in [0.25, 0.3) is 0 Å². The number of piperidine rings is 1. The first-order valence-corrected chi connectivity index (χ1v) is 7.84. The van der Waals surface area contributed by atoms with Crippen LogP contribution in [0.5, 0.6) is 0 Å². The van der Waals surface area contributed by atoms with Gasteiger partial charge in [-0.05, 0) is 31.9 Å². The van der Waals surface area contributed by atoms with Crippen LogP contribution in [0, 0.1) is 0 Å². The van der Waals surface area contributed by atoms with Crippen molar-refractivity contribution >= 4 is 23.1 Å². The van der Waals surface area contributed by atoms with E-state index >= 15 is 0 Å². The number of aromatic nitrogens is 3. The van der Waals surface area contributed by atoms with Gasteiger partial charge in [-0.2, -0.15) is 0 Å². The van der Waals surface area contributed by atoms with Crippen molar-refractivity contribution in [3.8, 4) is 0 Å². The standard InChI is InChI=1S/C15H21N5O3/c1-3-23-15(22)19-8-6-10(7-9-19)20-13-11(17-14(20)21)4-5-12(16-2)18-13/h4-5,10H,3,6-9H2,1-2H3,(H,16,18)(H,17,21). The first-order valence-electron chi connectivity index (χ1n) is 7.84. The number of hydrogen-bond donors (Lipinski definition) is 2. The van der Waals surface area contributed by atoms with Crippen molar-refractivity contribution in [1.82, 2.24) is 19.4 Å². The largest absolute Gasteiger partial charge is 0.450 e. The zero-order valence-corrected chi connectivity index (χ0v) is 13.3. The van der Waals surface area contributed by atoms with Crippen molar-refractivity contribution in [3.05, 3.63) is 22.6 Å². The molecule has 3 heterocycles. The van der Waals surface area contributed by atoms with Crippen LogP contribution in [0.2, 0.25) is 0 Å². The number of ether oxygens (including phenoxy) is 1. The Bertz CT molecular complexity index is 758. The van der Waals surface area contributed by atoms with Crippen LogP contribution in [0.4, 0.5) is 10.6 Å². The highest BCUT2D eigenvalue weighted by molar-refractivity contribution is 5.73. The molecule has 2 aromatic rings. The number of H-pyrrole nitrogens is 1. The first-order chi connectivity index (χ1) is 11.1. The summed E-state index contributed by atoms with van der Waals surface area (Å²) >= 11 is 0. The van der Waals surface area contributed by atoms with Crippen molar-refractivity contribution in [2.24, 2.45) is 0 Å². The molecule has 0 bridgehead atoms. The van der Waals surface area contributed by atoms with Crippen LogP contribution in [0.15, 0.2) is 16.9 Å². The van der Waals surface area contributed by atoms with Crippen LogP contribution < -0.4 is 11.0 Å². The van der Waals surface area contributed by atoms with Gasteiger partial charge in [0.2, 0.25) is 0 Å². The van der Waals surface area contributed by atoms with E-state index in [9.17, 15) is 9.59 Å². The molecule has 1 fully saturated rings. The number of amides is 1. The van der Waals surface area contributed by atoms with Crippen LogP contribution in [0.1, 0.15) is 25.8 Å². The minimum Gasteiger partial charge on any atom is -0.450 e. The summed E-state index contributed by atoms with van der Waals surface area (Å²) in [5.74, 6) is 0.717. The predicted molar refractivity (Wildman–Crippen MR) is 86.8 cm³/mol. The van der Waals surface area contributed by atoms with E-state index < -0.39 is 0 Å². The highest BCUT2D eigenvalue weighted by Crippen LogP contribution is 2.25. The maximum absolute atomic E-state index is 12.3. The predicted octanol–water partition coefficient (Wildman–Crippen LogP) is 1.56. The molecule has 124 valence electrons. The van der Waals surface area contributed by atoms with Gasteiger partial charge in [0.05, 0.1) is 12.1 Å². The Morgan fingerprint density at radius 3 is 2.83 bits per heavy atom. The number of rotatable bonds is 3. The molecule has 0 radical (unpaired) electrons. The lowest BCUT2D eigenvalue weighted by molar-refractivity contribution is 0.0927. The number of fused-ring (bicyclic) bond motifs is 1. The van der Waals surface area contributed by atoms with Gasteiger partial charge in [-0.15, -0.1) is 0 Å². The lowest BCUT2D eigenvalue weighted by Crippen LogP contribution is -2.40. The molecular formula is C15H21N5O3. The van der Waals surface area contributed by atoms with Gasteiger partial charge in [-0.3, -0.25) is 4.57 Å². The van der Waals surface area contributed by atoms with Gasteiger partial charge in [0, 0.05) is 26.2 Å². The lowest BCUT2D eigenvalue weighted by Gasteiger charge is -2.31. The molecule has 0 aliphatic carbocycles. The average Bonchev–Trinajstić information content (AvgIpc) is 2.90. The van der Waals surface area contributed by atoms with E-state index in [4.69, 9.17) is 4.74 Å². The highest BCUT2D eigenvalue weighted by Gasteiger charge is 2.27. The second-order valence-electron chi connectivity index (χ2n) is 5.53. The summed E-state index contributed by atoms with van der Waals surface area (Å²) in [6.45, 7) is 3.32. The Balaban J connectivity index is 1.83. The van der Waals surface area contributed by atoms with Crippen molar-refractivity contribution in [1.29, 1.82) is 0 Å². The van der Waals surface area contributed by atoms with E-state index in [1.807, 2.05) is 12.1 Å². The smallest absolute Gasteiger partial charge is 0.409 e. The van der Waals surface area contributed by atoms with E-state index in [2.05, 4.69) is 15.3 Å². The Labute approximate surface area is 133 Å². The van der Waals surface area contributed by atoms with E-state index in [0.29, 0.717) is 44.0 Å². The Morgan fingerprint density at radius 1 is 1.43 bits per heavy atom. The quantitative estimate of drug-likeness (QED) is 0.895. The zero-order chi connectivity index (χ0) is 16.4. The van der Waals surface area contributed by atoms with Crippen LogP contribution in [0.25, 0.3) is 11.2 Å². The second kappa shape index (κ2) is 6.31. The zero-order valence-electron chi connectivity index (χ0n) is 13.3. The molecule has 0 spiro atoms. The highest BCUT2D eigenvalue weighted by atomic mass is 16.6. The SMILES string of the molecule is CCOC(=O)N1CCC(n2c(=O)[nH]c3ccc(NC)nc32)CC1. The molecular weight excluding hydrogens is 298 g/mol. The molecule has 0 saturated carbocycles. The first kappa shape index (κ1) is 15.4. The van der Waals surface area contributed by atoms with Gasteiger partial charge in [-0.1, -0.05) is 0 Å². The molecule has 23 heavy (non-hydrogen) atoms. The third-order valence-electron chi connectivity index (χ3n) is 4.18. The maximum atomic E-state index is 12.3. The molecule has 0 aromatic carbocycles. The molecule has 1 saturated heterocycles. The van der Waals surface area contributed by atoms with E-state index in [1.165, 1.54) is 0 Å². The minimum absolute atomic E-state index is 0.0292. The number of nitrogens with one attached hydrogen (secondary N) is 2. The Hall–Kier alpha value is -2.51.